The Kier molecular flexibility index (Phi) is 5.84. The highest BCUT2D eigenvalue weighted by Crippen LogP contribution is 2.04. The molecular weight excluding hydrogens is 174 g/mol. The first-order valence-corrected chi connectivity index (χ1v) is 4.93. The molecule has 0 spiro atoms. The molecule has 0 aromatic heterocycles. The largest absolute Gasteiger partial charge is 0.478 e. The summed E-state index contributed by atoms with van der Waals surface area (Å²) in [5, 5.41) is 8.49. The van der Waals surface area contributed by atoms with Crippen molar-refractivity contribution in [3.63, 3.8) is 0 Å². The third-order valence-corrected chi connectivity index (χ3v) is 2.39. The topological polar surface area (TPSA) is 63.3 Å². The van der Waals surface area contributed by atoms with Crippen LogP contribution in [0.2, 0.25) is 0 Å². The number of carboxylic acids is 1. The lowest BCUT2D eigenvalue weighted by atomic mass is 10.3. The molecule has 0 aliphatic carbocycles. The van der Waals surface area contributed by atoms with Crippen LogP contribution in [0.15, 0.2) is 11.6 Å². The van der Waals surface area contributed by atoms with Crippen LogP contribution in [0.3, 0.4) is 0 Å². The number of hydrogen-bond acceptors (Lipinski definition) is 3. The minimum absolute atomic E-state index is 0.175. The molecule has 0 aromatic carbocycles. The van der Waals surface area contributed by atoms with Crippen LogP contribution >= 0.6 is 11.8 Å². The lowest BCUT2D eigenvalue weighted by Gasteiger charge is -2.01. The molecular formula is C8H15NO2S. The van der Waals surface area contributed by atoms with Gasteiger partial charge in [0.2, 0.25) is 0 Å². The molecule has 0 rings (SSSR count). The van der Waals surface area contributed by atoms with Crippen molar-refractivity contribution in [2.75, 3.05) is 11.5 Å². The summed E-state index contributed by atoms with van der Waals surface area (Å²) in [6.45, 7) is 3.52. The van der Waals surface area contributed by atoms with Gasteiger partial charge in [0.25, 0.3) is 0 Å². The van der Waals surface area contributed by atoms with Crippen molar-refractivity contribution < 1.29 is 9.90 Å². The highest BCUT2D eigenvalue weighted by Gasteiger charge is 1.98. The average molecular weight is 189 g/mol. The molecule has 12 heavy (non-hydrogen) atoms. The van der Waals surface area contributed by atoms with Crippen molar-refractivity contribution >= 4 is 17.7 Å². The molecule has 4 heteroatoms. The first-order chi connectivity index (χ1) is 5.54. The third kappa shape index (κ3) is 6.24. The Bertz CT molecular complexity index is 178. The first-order valence-electron chi connectivity index (χ1n) is 3.77. The van der Waals surface area contributed by atoms with E-state index in [-0.39, 0.29) is 6.04 Å². The highest BCUT2D eigenvalue weighted by atomic mass is 32.2. The van der Waals surface area contributed by atoms with Crippen molar-refractivity contribution in [2.45, 2.75) is 19.9 Å². The Morgan fingerprint density at radius 2 is 2.33 bits per heavy atom. The number of thioether (sulfide) groups is 1. The summed E-state index contributed by atoms with van der Waals surface area (Å²) in [6, 6.07) is 0.175. The minimum atomic E-state index is -0.851. The number of rotatable bonds is 5. The van der Waals surface area contributed by atoms with Gasteiger partial charge >= 0.3 is 5.97 Å². The minimum Gasteiger partial charge on any atom is -0.478 e. The standard InChI is InChI=1S/C8H15NO2S/c1-6(8(10)11)3-4-12-5-7(2)9/h3,7H,4-5,9H2,1-2H3,(H,10,11). The van der Waals surface area contributed by atoms with Crippen molar-refractivity contribution in [3.8, 4) is 0 Å². The summed E-state index contributed by atoms with van der Waals surface area (Å²) in [5.41, 5.74) is 5.91. The number of carboxylic acid groups (broad SMARTS) is 1. The van der Waals surface area contributed by atoms with Gasteiger partial charge in [0.1, 0.15) is 0 Å². The van der Waals surface area contributed by atoms with Crippen molar-refractivity contribution in [1.29, 1.82) is 0 Å². The summed E-state index contributed by atoms with van der Waals surface area (Å²) >= 11 is 1.64. The van der Waals surface area contributed by atoms with E-state index in [1.54, 1.807) is 24.8 Å². The Hall–Kier alpha value is -0.480. The van der Waals surface area contributed by atoms with Gasteiger partial charge in [-0.25, -0.2) is 4.79 Å². The van der Waals surface area contributed by atoms with E-state index < -0.39 is 5.97 Å². The molecule has 1 atom stereocenters. The van der Waals surface area contributed by atoms with Gasteiger partial charge in [0.05, 0.1) is 0 Å². The van der Waals surface area contributed by atoms with Gasteiger partial charge < -0.3 is 10.8 Å². The van der Waals surface area contributed by atoms with Crippen molar-refractivity contribution in [3.05, 3.63) is 11.6 Å². The molecule has 3 N–H and O–H groups in total. The van der Waals surface area contributed by atoms with Crippen molar-refractivity contribution in [1.82, 2.24) is 0 Å². The van der Waals surface area contributed by atoms with E-state index in [0.717, 1.165) is 11.5 Å². The molecule has 0 heterocycles. The van der Waals surface area contributed by atoms with Gasteiger partial charge in [-0.05, 0) is 13.8 Å². The van der Waals surface area contributed by atoms with Gasteiger partial charge in [0.15, 0.2) is 0 Å². The third-order valence-electron chi connectivity index (χ3n) is 1.23. The van der Waals surface area contributed by atoms with Gasteiger partial charge in [0, 0.05) is 23.1 Å². The Balaban J connectivity index is 3.54. The van der Waals surface area contributed by atoms with Crippen LogP contribution in [0.4, 0.5) is 0 Å². The zero-order valence-corrected chi connectivity index (χ0v) is 8.23. The molecule has 0 radical (unpaired) electrons. The maximum absolute atomic E-state index is 10.3. The van der Waals surface area contributed by atoms with Crippen LogP contribution in [0.25, 0.3) is 0 Å². The van der Waals surface area contributed by atoms with E-state index in [4.69, 9.17) is 10.8 Å². The van der Waals surface area contributed by atoms with E-state index in [1.807, 2.05) is 6.92 Å². The van der Waals surface area contributed by atoms with Crippen LogP contribution < -0.4 is 5.73 Å². The number of aliphatic carboxylic acids is 1. The Labute approximate surface area is 77.0 Å². The molecule has 3 nitrogen and oxygen atoms in total. The monoisotopic (exact) mass is 189 g/mol. The second-order valence-corrected chi connectivity index (χ2v) is 3.78. The van der Waals surface area contributed by atoms with Gasteiger partial charge in [-0.1, -0.05) is 6.08 Å². The Morgan fingerprint density at radius 1 is 1.75 bits per heavy atom. The molecule has 0 bridgehead atoms. The maximum atomic E-state index is 10.3. The lowest BCUT2D eigenvalue weighted by Crippen LogP contribution is -2.17. The fraction of sp³-hybridized carbons (Fsp3) is 0.625. The maximum Gasteiger partial charge on any atom is 0.330 e. The van der Waals surface area contributed by atoms with E-state index in [2.05, 4.69) is 0 Å². The van der Waals surface area contributed by atoms with Crippen LogP contribution in [-0.2, 0) is 4.79 Å². The summed E-state index contributed by atoms with van der Waals surface area (Å²) in [6.07, 6.45) is 1.70. The van der Waals surface area contributed by atoms with Crippen LogP contribution in [0.1, 0.15) is 13.8 Å². The molecule has 70 valence electrons. The zero-order chi connectivity index (χ0) is 9.56. The molecule has 0 aliphatic heterocycles. The normalized spacial score (nSPS) is 14.4. The quantitative estimate of drug-likeness (QED) is 0.502. The summed E-state index contributed by atoms with van der Waals surface area (Å²) in [7, 11) is 0. The fourth-order valence-corrected chi connectivity index (χ4v) is 1.40. The second kappa shape index (κ2) is 6.08. The molecule has 1 unspecified atom stereocenters. The summed E-state index contributed by atoms with van der Waals surface area (Å²) in [4.78, 5) is 10.3. The summed E-state index contributed by atoms with van der Waals surface area (Å²) in [5.74, 6) is 0.736. The summed E-state index contributed by atoms with van der Waals surface area (Å²) < 4.78 is 0. The number of nitrogens with two attached hydrogens (primary N) is 1. The average Bonchev–Trinajstić information content (AvgIpc) is 1.97. The lowest BCUT2D eigenvalue weighted by molar-refractivity contribution is -0.132. The van der Waals surface area contributed by atoms with Crippen molar-refractivity contribution in [2.24, 2.45) is 5.73 Å². The van der Waals surface area contributed by atoms with E-state index in [0.29, 0.717) is 5.57 Å². The number of carbonyl (C=O) groups is 1. The fourth-order valence-electron chi connectivity index (χ4n) is 0.525. The Morgan fingerprint density at radius 3 is 2.75 bits per heavy atom. The molecule has 0 amide bonds. The smallest absolute Gasteiger partial charge is 0.330 e. The SMILES string of the molecule is CC(=CCSCC(C)N)C(=O)O. The molecule has 0 aliphatic rings. The molecule has 0 aromatic rings. The van der Waals surface area contributed by atoms with E-state index >= 15 is 0 Å². The first kappa shape index (κ1) is 11.5. The predicted molar refractivity (Wildman–Crippen MR) is 52.4 cm³/mol. The molecule has 0 fully saturated rings. The van der Waals surface area contributed by atoms with E-state index in [9.17, 15) is 4.79 Å². The van der Waals surface area contributed by atoms with E-state index in [1.165, 1.54) is 0 Å². The molecule has 0 saturated heterocycles. The van der Waals surface area contributed by atoms with Crippen LogP contribution in [-0.4, -0.2) is 28.6 Å². The molecule has 0 saturated carbocycles. The van der Waals surface area contributed by atoms with Crippen LogP contribution in [0, 0.1) is 0 Å². The number of hydrogen-bond donors (Lipinski definition) is 2. The van der Waals surface area contributed by atoms with Gasteiger partial charge in [-0.15, -0.1) is 0 Å². The van der Waals surface area contributed by atoms with Gasteiger partial charge in [-0.2, -0.15) is 11.8 Å². The predicted octanol–water partition coefficient (Wildman–Crippen LogP) is 1.10. The second-order valence-electron chi connectivity index (χ2n) is 2.71. The highest BCUT2D eigenvalue weighted by molar-refractivity contribution is 7.99. The van der Waals surface area contributed by atoms with Gasteiger partial charge in [-0.3, -0.25) is 0 Å². The van der Waals surface area contributed by atoms with Crippen LogP contribution in [0.5, 0.6) is 0 Å². The zero-order valence-electron chi connectivity index (χ0n) is 7.41.